The van der Waals surface area contributed by atoms with Crippen LogP contribution < -0.4 is 5.32 Å². The van der Waals surface area contributed by atoms with Crippen molar-refractivity contribution in [2.24, 2.45) is 0 Å². The van der Waals surface area contributed by atoms with Gasteiger partial charge in [-0.3, -0.25) is 0 Å². The number of hydrogen-bond acceptors (Lipinski definition) is 3. The number of nitrogens with zero attached hydrogens (tertiary/aromatic N) is 2. The lowest BCUT2D eigenvalue weighted by Crippen LogP contribution is -1.96. The molecule has 1 aromatic carbocycles. The van der Waals surface area contributed by atoms with Crippen molar-refractivity contribution in [3.05, 3.63) is 40.0 Å². The third-order valence-corrected chi connectivity index (χ3v) is 2.89. The Kier molecular flexibility index (Phi) is 3.41. The van der Waals surface area contributed by atoms with E-state index in [0.717, 1.165) is 15.9 Å². The van der Waals surface area contributed by atoms with Crippen LogP contribution in [0.1, 0.15) is 0 Å². The Morgan fingerprint density at radius 2 is 2.12 bits per heavy atom. The molecule has 0 saturated heterocycles. The van der Waals surface area contributed by atoms with Gasteiger partial charge >= 0.3 is 0 Å². The first-order chi connectivity index (χ1) is 7.70. The molecule has 1 aromatic heterocycles. The van der Waals surface area contributed by atoms with Crippen molar-refractivity contribution < 1.29 is 0 Å². The molecule has 0 amide bonds. The van der Waals surface area contributed by atoms with Crippen LogP contribution in [0.5, 0.6) is 0 Å². The fourth-order valence-electron chi connectivity index (χ4n) is 1.30. The largest absolute Gasteiger partial charge is 0.373 e. The molecule has 2 rings (SSSR count). The molecule has 5 heteroatoms. The highest BCUT2D eigenvalue weighted by Gasteiger charge is 2.07. The third kappa shape index (κ3) is 2.33. The highest BCUT2D eigenvalue weighted by atomic mass is 79.9. The highest BCUT2D eigenvalue weighted by Crippen LogP contribution is 2.28. The number of nitrogens with one attached hydrogen (secondary N) is 1. The van der Waals surface area contributed by atoms with Crippen molar-refractivity contribution >= 4 is 33.3 Å². The quantitative estimate of drug-likeness (QED) is 0.920. The maximum absolute atomic E-state index is 6.13. The van der Waals surface area contributed by atoms with Gasteiger partial charge in [0.25, 0.3) is 0 Å². The lowest BCUT2D eigenvalue weighted by atomic mass is 10.2. The van der Waals surface area contributed by atoms with Crippen molar-refractivity contribution in [2.45, 2.75) is 0 Å². The molecular formula is C11H9BrClN3. The minimum atomic E-state index is 0.615. The van der Waals surface area contributed by atoms with Crippen LogP contribution in [0, 0.1) is 0 Å². The Labute approximate surface area is 107 Å². The van der Waals surface area contributed by atoms with E-state index in [1.807, 2.05) is 25.2 Å². The third-order valence-electron chi connectivity index (χ3n) is 2.08. The summed E-state index contributed by atoms with van der Waals surface area (Å²) in [5, 5.41) is 3.59. The monoisotopic (exact) mass is 297 g/mol. The van der Waals surface area contributed by atoms with Gasteiger partial charge < -0.3 is 5.32 Å². The number of rotatable bonds is 2. The molecule has 0 unspecified atom stereocenters. The van der Waals surface area contributed by atoms with Crippen LogP contribution in [0.2, 0.25) is 5.02 Å². The fourth-order valence-corrected chi connectivity index (χ4v) is 2.06. The van der Waals surface area contributed by atoms with Gasteiger partial charge in [0, 0.05) is 23.3 Å². The summed E-state index contributed by atoms with van der Waals surface area (Å²) in [5.74, 6) is 1.38. The Morgan fingerprint density at radius 3 is 2.81 bits per heavy atom. The van der Waals surface area contributed by atoms with Gasteiger partial charge in [0.1, 0.15) is 5.82 Å². The summed E-state index contributed by atoms with van der Waals surface area (Å²) >= 11 is 9.49. The molecule has 0 atom stereocenters. The van der Waals surface area contributed by atoms with Gasteiger partial charge in [-0.15, -0.1) is 0 Å². The first-order valence-corrected chi connectivity index (χ1v) is 5.84. The molecule has 0 radical (unpaired) electrons. The zero-order valence-corrected chi connectivity index (χ0v) is 10.9. The minimum absolute atomic E-state index is 0.615. The normalized spacial score (nSPS) is 10.2. The van der Waals surface area contributed by atoms with Crippen molar-refractivity contribution in [3.8, 4) is 11.4 Å². The topological polar surface area (TPSA) is 37.8 Å². The first kappa shape index (κ1) is 11.4. The zero-order chi connectivity index (χ0) is 11.5. The summed E-state index contributed by atoms with van der Waals surface area (Å²) in [6.07, 6.45) is 1.70. The molecule has 0 aliphatic heterocycles. The Hall–Kier alpha value is -1.13. The van der Waals surface area contributed by atoms with E-state index >= 15 is 0 Å². The van der Waals surface area contributed by atoms with Crippen LogP contribution in [0.15, 0.2) is 34.9 Å². The molecule has 0 aliphatic carbocycles. The average Bonchev–Trinajstić information content (AvgIpc) is 2.29. The number of benzene rings is 1. The lowest BCUT2D eigenvalue weighted by Gasteiger charge is -2.05. The molecule has 0 saturated carbocycles. The Morgan fingerprint density at radius 1 is 1.31 bits per heavy atom. The molecule has 3 nitrogen and oxygen atoms in total. The predicted molar refractivity (Wildman–Crippen MR) is 69.7 cm³/mol. The molecular weight excluding hydrogens is 289 g/mol. The molecule has 16 heavy (non-hydrogen) atoms. The zero-order valence-electron chi connectivity index (χ0n) is 8.54. The van der Waals surface area contributed by atoms with Gasteiger partial charge in [-0.05, 0) is 24.3 Å². The molecule has 0 aliphatic rings. The second-order valence-electron chi connectivity index (χ2n) is 3.14. The van der Waals surface area contributed by atoms with E-state index in [4.69, 9.17) is 11.6 Å². The molecule has 1 heterocycles. The van der Waals surface area contributed by atoms with E-state index in [1.165, 1.54) is 0 Å². The van der Waals surface area contributed by atoms with Gasteiger partial charge in [-0.25, -0.2) is 9.97 Å². The van der Waals surface area contributed by atoms with Gasteiger partial charge in [0.2, 0.25) is 0 Å². The summed E-state index contributed by atoms with van der Waals surface area (Å²) in [4.78, 5) is 8.53. The van der Waals surface area contributed by atoms with Crippen LogP contribution in [-0.4, -0.2) is 17.0 Å². The summed E-state index contributed by atoms with van der Waals surface area (Å²) in [7, 11) is 1.81. The van der Waals surface area contributed by atoms with E-state index in [2.05, 4.69) is 31.2 Å². The summed E-state index contributed by atoms with van der Waals surface area (Å²) in [6, 6.07) is 7.43. The van der Waals surface area contributed by atoms with Crippen LogP contribution >= 0.6 is 27.5 Å². The predicted octanol–water partition coefficient (Wildman–Crippen LogP) is 3.60. The van der Waals surface area contributed by atoms with Gasteiger partial charge in [-0.1, -0.05) is 27.5 Å². The molecule has 1 N–H and O–H groups in total. The molecule has 0 spiro atoms. The first-order valence-electron chi connectivity index (χ1n) is 4.67. The summed E-state index contributed by atoms with van der Waals surface area (Å²) in [6.45, 7) is 0. The molecule has 2 aromatic rings. The molecule has 0 fully saturated rings. The van der Waals surface area contributed by atoms with Crippen molar-refractivity contribution in [1.82, 2.24) is 9.97 Å². The minimum Gasteiger partial charge on any atom is -0.373 e. The second-order valence-corrected chi connectivity index (χ2v) is 4.46. The van der Waals surface area contributed by atoms with Crippen molar-refractivity contribution in [2.75, 3.05) is 12.4 Å². The summed E-state index contributed by atoms with van der Waals surface area (Å²) in [5.41, 5.74) is 0.821. The van der Waals surface area contributed by atoms with E-state index < -0.39 is 0 Å². The number of halogens is 2. The number of hydrogen-bond donors (Lipinski definition) is 1. The lowest BCUT2D eigenvalue weighted by molar-refractivity contribution is 1.17. The van der Waals surface area contributed by atoms with E-state index in [9.17, 15) is 0 Å². The van der Waals surface area contributed by atoms with Crippen molar-refractivity contribution in [3.63, 3.8) is 0 Å². The fraction of sp³-hybridized carbons (Fsp3) is 0.0909. The highest BCUT2D eigenvalue weighted by molar-refractivity contribution is 9.10. The van der Waals surface area contributed by atoms with Crippen LogP contribution in [-0.2, 0) is 0 Å². The Balaban J connectivity index is 2.49. The van der Waals surface area contributed by atoms with Gasteiger partial charge in [0.05, 0.1) is 5.02 Å². The second kappa shape index (κ2) is 4.80. The SMILES string of the molecule is CNc1ccnc(-c2ccc(Br)cc2Cl)n1. The number of anilines is 1. The van der Waals surface area contributed by atoms with Crippen LogP contribution in [0.25, 0.3) is 11.4 Å². The van der Waals surface area contributed by atoms with Crippen LogP contribution in [0.4, 0.5) is 5.82 Å². The molecule has 82 valence electrons. The van der Waals surface area contributed by atoms with E-state index in [0.29, 0.717) is 10.8 Å². The maximum atomic E-state index is 6.13. The van der Waals surface area contributed by atoms with Gasteiger partial charge in [0.15, 0.2) is 5.82 Å². The maximum Gasteiger partial charge on any atom is 0.162 e. The van der Waals surface area contributed by atoms with Crippen molar-refractivity contribution in [1.29, 1.82) is 0 Å². The van der Waals surface area contributed by atoms with Crippen LogP contribution in [0.3, 0.4) is 0 Å². The van der Waals surface area contributed by atoms with Gasteiger partial charge in [-0.2, -0.15) is 0 Å². The standard InChI is InChI=1S/C11H9BrClN3/c1-14-10-4-5-15-11(16-10)8-3-2-7(12)6-9(8)13/h2-6H,1H3,(H,14,15,16). The van der Waals surface area contributed by atoms with E-state index in [1.54, 1.807) is 12.3 Å². The average molecular weight is 299 g/mol. The smallest absolute Gasteiger partial charge is 0.162 e. The van der Waals surface area contributed by atoms with E-state index in [-0.39, 0.29) is 0 Å². The summed E-state index contributed by atoms with van der Waals surface area (Å²) < 4.78 is 0.936. The Bertz CT molecular complexity index is 516. The number of aromatic nitrogens is 2. The molecule has 0 bridgehead atoms.